The van der Waals surface area contributed by atoms with Gasteiger partial charge in [0.05, 0.1) is 13.0 Å². The number of nitriles is 1. The van der Waals surface area contributed by atoms with E-state index in [-0.39, 0.29) is 22.9 Å². The van der Waals surface area contributed by atoms with Gasteiger partial charge in [-0.25, -0.2) is 4.39 Å². The smallest absolute Gasteiger partial charge is 0.244 e. The molecule has 0 fully saturated rings. The Morgan fingerprint density at radius 3 is 2.95 bits per heavy atom. The number of ether oxygens (including phenoxy) is 2. The minimum absolute atomic E-state index is 0.0753. The van der Waals surface area contributed by atoms with E-state index in [1.54, 1.807) is 13.0 Å². The number of methoxy groups -OCH3 is 1. The summed E-state index contributed by atoms with van der Waals surface area (Å²) in [5.74, 6) is -0.487. The fraction of sp³-hybridized carbons (Fsp3) is 0.200. The van der Waals surface area contributed by atoms with Crippen molar-refractivity contribution in [3.63, 3.8) is 0 Å². The molecule has 2 aromatic rings. The molecule has 2 heterocycles. The lowest BCUT2D eigenvalue weighted by molar-refractivity contribution is 0.377. The Morgan fingerprint density at radius 1 is 1.50 bits per heavy atom. The predicted molar refractivity (Wildman–Crippen MR) is 75.6 cm³/mol. The van der Waals surface area contributed by atoms with Crippen molar-refractivity contribution in [2.45, 2.75) is 12.8 Å². The number of nitrogens with zero attached hydrogens (tertiary/aromatic N) is 2. The lowest BCUT2D eigenvalue weighted by Crippen LogP contribution is -2.21. The van der Waals surface area contributed by atoms with Crippen LogP contribution in [-0.4, -0.2) is 17.3 Å². The molecule has 1 aliphatic rings. The number of aromatic amines is 1. The van der Waals surface area contributed by atoms with Gasteiger partial charge in [0.1, 0.15) is 23.2 Å². The highest BCUT2D eigenvalue weighted by molar-refractivity contribution is 5.56. The third-order valence-corrected chi connectivity index (χ3v) is 3.64. The lowest BCUT2D eigenvalue weighted by Gasteiger charge is -2.24. The summed E-state index contributed by atoms with van der Waals surface area (Å²) >= 11 is 0. The SMILES string of the molecule is COc1ccc(F)c([C@@H]2C(C#N)=C(N)Oc3n[nH]c(C)c32)c1. The molecule has 0 bridgehead atoms. The maximum atomic E-state index is 14.4. The molecular weight excluding hydrogens is 287 g/mol. The number of rotatable bonds is 2. The van der Waals surface area contributed by atoms with Gasteiger partial charge in [-0.2, -0.15) is 5.26 Å². The topological polar surface area (TPSA) is 96.9 Å². The predicted octanol–water partition coefficient (Wildman–Crippen LogP) is 2.08. The fourth-order valence-electron chi connectivity index (χ4n) is 2.58. The zero-order valence-corrected chi connectivity index (χ0v) is 12.0. The van der Waals surface area contributed by atoms with Crippen LogP contribution >= 0.6 is 0 Å². The van der Waals surface area contributed by atoms with Gasteiger partial charge in [0.15, 0.2) is 0 Å². The summed E-state index contributed by atoms with van der Waals surface area (Å²) in [7, 11) is 1.49. The fourth-order valence-corrected chi connectivity index (χ4v) is 2.58. The van der Waals surface area contributed by atoms with Gasteiger partial charge in [-0.05, 0) is 25.1 Å². The van der Waals surface area contributed by atoms with Crippen LogP contribution in [0.25, 0.3) is 0 Å². The average Bonchev–Trinajstić information content (AvgIpc) is 2.87. The summed E-state index contributed by atoms with van der Waals surface area (Å²) in [5, 5.41) is 16.2. The molecule has 3 N–H and O–H groups in total. The summed E-state index contributed by atoms with van der Waals surface area (Å²) in [6.45, 7) is 1.77. The molecule has 0 aliphatic carbocycles. The van der Waals surface area contributed by atoms with E-state index >= 15 is 0 Å². The summed E-state index contributed by atoms with van der Waals surface area (Å²) < 4.78 is 24.8. The molecule has 6 nitrogen and oxygen atoms in total. The second-order valence-corrected chi connectivity index (χ2v) is 4.88. The number of aromatic nitrogens is 2. The van der Waals surface area contributed by atoms with Crippen molar-refractivity contribution in [3.8, 4) is 17.7 Å². The third kappa shape index (κ3) is 1.97. The second-order valence-electron chi connectivity index (χ2n) is 4.88. The molecule has 0 amide bonds. The number of nitrogens with two attached hydrogens (primary N) is 1. The van der Waals surface area contributed by atoms with Gasteiger partial charge in [-0.1, -0.05) is 0 Å². The normalized spacial score (nSPS) is 16.7. The van der Waals surface area contributed by atoms with Crippen LogP contribution in [0.2, 0.25) is 0 Å². The van der Waals surface area contributed by atoms with Crippen LogP contribution in [0.3, 0.4) is 0 Å². The van der Waals surface area contributed by atoms with E-state index < -0.39 is 11.7 Å². The number of H-pyrrole nitrogens is 1. The van der Waals surface area contributed by atoms with Crippen molar-refractivity contribution in [1.29, 1.82) is 5.26 Å². The highest BCUT2D eigenvalue weighted by atomic mass is 19.1. The first-order valence-corrected chi connectivity index (χ1v) is 6.52. The molecule has 0 radical (unpaired) electrons. The van der Waals surface area contributed by atoms with Crippen molar-refractivity contribution in [1.82, 2.24) is 10.2 Å². The quantitative estimate of drug-likeness (QED) is 0.885. The molecule has 1 atom stereocenters. The molecule has 0 spiro atoms. The molecule has 112 valence electrons. The maximum Gasteiger partial charge on any atom is 0.244 e. The number of hydrogen-bond acceptors (Lipinski definition) is 5. The molecule has 7 heteroatoms. The van der Waals surface area contributed by atoms with Gasteiger partial charge in [0.2, 0.25) is 11.8 Å². The Kier molecular flexibility index (Phi) is 3.22. The number of halogens is 1. The number of hydrogen-bond donors (Lipinski definition) is 2. The highest BCUT2D eigenvalue weighted by Crippen LogP contribution is 2.43. The maximum absolute atomic E-state index is 14.4. The van der Waals surface area contributed by atoms with Crippen LogP contribution in [0.5, 0.6) is 11.6 Å². The van der Waals surface area contributed by atoms with Crippen molar-refractivity contribution >= 4 is 0 Å². The molecule has 1 aromatic carbocycles. The summed E-state index contributed by atoms with van der Waals surface area (Å²) in [5.41, 5.74) is 7.50. The second kappa shape index (κ2) is 5.07. The largest absolute Gasteiger partial charge is 0.497 e. The Morgan fingerprint density at radius 2 is 2.27 bits per heavy atom. The number of allylic oxidation sites excluding steroid dienone is 1. The van der Waals surface area contributed by atoms with Crippen molar-refractivity contribution in [3.05, 3.63) is 52.3 Å². The van der Waals surface area contributed by atoms with Gasteiger partial charge >= 0.3 is 0 Å². The van der Waals surface area contributed by atoms with E-state index in [2.05, 4.69) is 10.2 Å². The zero-order valence-electron chi connectivity index (χ0n) is 12.0. The Hall–Kier alpha value is -3.01. The van der Waals surface area contributed by atoms with E-state index in [1.807, 2.05) is 6.07 Å². The Balaban J connectivity index is 2.28. The number of nitrogens with one attached hydrogen (secondary N) is 1. The van der Waals surface area contributed by atoms with Gasteiger partial charge in [-0.3, -0.25) is 5.10 Å². The molecule has 1 aromatic heterocycles. The number of aryl methyl sites for hydroxylation is 1. The van der Waals surface area contributed by atoms with Crippen LogP contribution in [0.4, 0.5) is 4.39 Å². The summed E-state index contributed by atoms with van der Waals surface area (Å²) in [6.07, 6.45) is 0. The molecule has 0 saturated heterocycles. The molecule has 22 heavy (non-hydrogen) atoms. The summed E-state index contributed by atoms with van der Waals surface area (Å²) in [6, 6.07) is 6.36. The molecule has 1 aliphatic heterocycles. The third-order valence-electron chi connectivity index (χ3n) is 3.64. The van der Waals surface area contributed by atoms with Crippen LogP contribution < -0.4 is 15.2 Å². The van der Waals surface area contributed by atoms with E-state index in [0.29, 0.717) is 17.0 Å². The first-order chi connectivity index (χ1) is 10.6. The van der Waals surface area contributed by atoms with Crippen LogP contribution in [0, 0.1) is 24.1 Å². The average molecular weight is 300 g/mol. The van der Waals surface area contributed by atoms with Crippen molar-refractivity contribution in [2.24, 2.45) is 5.73 Å². The number of fused-ring (bicyclic) bond motifs is 1. The lowest BCUT2D eigenvalue weighted by atomic mass is 9.84. The highest BCUT2D eigenvalue weighted by Gasteiger charge is 2.35. The van der Waals surface area contributed by atoms with Crippen LogP contribution in [0.1, 0.15) is 22.7 Å². The van der Waals surface area contributed by atoms with Crippen molar-refractivity contribution < 1.29 is 13.9 Å². The van der Waals surface area contributed by atoms with Crippen LogP contribution in [-0.2, 0) is 0 Å². The first-order valence-electron chi connectivity index (χ1n) is 6.52. The van der Waals surface area contributed by atoms with E-state index in [1.165, 1.54) is 19.2 Å². The van der Waals surface area contributed by atoms with E-state index in [9.17, 15) is 9.65 Å². The first kappa shape index (κ1) is 13.9. The molecule has 3 rings (SSSR count). The molecule has 0 unspecified atom stereocenters. The standard InChI is InChI=1S/C15H13FN4O2/c1-7-12-13(9-5-8(21-2)3-4-11(9)16)10(6-17)14(18)22-15(12)20-19-7/h3-5,13H,18H2,1-2H3,(H,19,20)/t13-/m1/s1. The van der Waals surface area contributed by atoms with Gasteiger partial charge < -0.3 is 15.2 Å². The van der Waals surface area contributed by atoms with Gasteiger partial charge in [0, 0.05) is 16.8 Å². The minimum atomic E-state index is -0.692. The monoisotopic (exact) mass is 300 g/mol. The Labute approximate surface area is 126 Å². The molecule has 0 saturated carbocycles. The number of benzene rings is 1. The Bertz CT molecular complexity index is 819. The van der Waals surface area contributed by atoms with Gasteiger partial charge in [0.25, 0.3) is 0 Å². The van der Waals surface area contributed by atoms with E-state index in [4.69, 9.17) is 15.2 Å². The van der Waals surface area contributed by atoms with Crippen molar-refractivity contribution in [2.75, 3.05) is 7.11 Å². The summed E-state index contributed by atoms with van der Waals surface area (Å²) in [4.78, 5) is 0. The molecular formula is C15H13FN4O2. The van der Waals surface area contributed by atoms with Gasteiger partial charge in [-0.15, -0.1) is 5.10 Å². The zero-order chi connectivity index (χ0) is 15.9. The van der Waals surface area contributed by atoms with E-state index in [0.717, 1.165) is 0 Å². The minimum Gasteiger partial charge on any atom is -0.497 e. The van der Waals surface area contributed by atoms with Crippen LogP contribution in [0.15, 0.2) is 29.7 Å².